The van der Waals surface area contributed by atoms with Crippen LogP contribution in [0.25, 0.3) is 0 Å². The van der Waals surface area contributed by atoms with Gasteiger partial charge in [-0.05, 0) is 76.9 Å². The molecule has 1 amide bonds. The van der Waals surface area contributed by atoms with Crippen molar-refractivity contribution in [1.82, 2.24) is 5.32 Å². The highest BCUT2D eigenvalue weighted by molar-refractivity contribution is 7.92. The summed E-state index contributed by atoms with van der Waals surface area (Å²) in [5.41, 5.74) is 2.75. The summed E-state index contributed by atoms with van der Waals surface area (Å²) in [7, 11) is -3.65. The summed E-state index contributed by atoms with van der Waals surface area (Å²) in [4.78, 5) is 12.7. The molecule has 2 aromatic carbocycles. The van der Waals surface area contributed by atoms with Gasteiger partial charge in [-0.3, -0.25) is 9.10 Å². The van der Waals surface area contributed by atoms with E-state index in [4.69, 9.17) is 0 Å². The lowest BCUT2D eigenvalue weighted by molar-refractivity contribution is 0.0919. The predicted molar refractivity (Wildman–Crippen MR) is 108 cm³/mol. The van der Waals surface area contributed by atoms with Crippen LogP contribution in [0.4, 0.5) is 5.69 Å². The van der Waals surface area contributed by atoms with Gasteiger partial charge in [-0.25, -0.2) is 8.42 Å². The summed E-state index contributed by atoms with van der Waals surface area (Å²) in [6.07, 6.45) is 0.580. The third-order valence-corrected chi connectivity index (χ3v) is 6.50. The van der Waals surface area contributed by atoms with E-state index in [1.165, 1.54) is 4.31 Å². The molecule has 1 aliphatic heterocycles. The topological polar surface area (TPSA) is 66.5 Å². The van der Waals surface area contributed by atoms with E-state index >= 15 is 0 Å². The Hall–Kier alpha value is -2.34. The number of benzene rings is 2. The smallest absolute Gasteiger partial charge is 0.264 e. The maximum absolute atomic E-state index is 13.2. The maximum Gasteiger partial charge on any atom is 0.264 e. The van der Waals surface area contributed by atoms with Crippen LogP contribution in [0.5, 0.6) is 0 Å². The Kier molecular flexibility index (Phi) is 4.80. The molecule has 0 aromatic heterocycles. The molecule has 27 heavy (non-hydrogen) atoms. The van der Waals surface area contributed by atoms with Gasteiger partial charge in [0.25, 0.3) is 15.9 Å². The van der Waals surface area contributed by atoms with Crippen molar-refractivity contribution in [2.24, 2.45) is 0 Å². The SMILES string of the molecule is Cc1ccc(S(=O)(=O)N2c3ccc(C(=O)NC(C)(C)C)cc3C[C@H]2C)cc1. The molecule has 0 radical (unpaired) electrons. The summed E-state index contributed by atoms with van der Waals surface area (Å²) >= 11 is 0. The fourth-order valence-electron chi connectivity index (χ4n) is 3.35. The third-order valence-electron chi connectivity index (χ3n) is 4.56. The molecular formula is C21H26N2O3S. The van der Waals surface area contributed by atoms with Gasteiger partial charge in [0.1, 0.15) is 0 Å². The molecule has 5 nitrogen and oxygen atoms in total. The van der Waals surface area contributed by atoms with E-state index in [1.807, 2.05) is 34.6 Å². The standard InChI is InChI=1S/C21H26N2O3S/c1-14-6-9-18(10-7-14)27(25,26)23-15(2)12-17-13-16(8-11-19(17)23)20(24)22-21(3,4)5/h6-11,13,15H,12H2,1-5H3,(H,22,24)/t15-/m1/s1. The van der Waals surface area contributed by atoms with Crippen molar-refractivity contribution in [3.63, 3.8) is 0 Å². The molecule has 0 fully saturated rings. The molecule has 0 bridgehead atoms. The molecule has 6 heteroatoms. The highest BCUT2D eigenvalue weighted by Gasteiger charge is 2.36. The van der Waals surface area contributed by atoms with Crippen LogP contribution in [0, 0.1) is 6.92 Å². The monoisotopic (exact) mass is 386 g/mol. The maximum atomic E-state index is 13.2. The van der Waals surface area contributed by atoms with Crippen molar-refractivity contribution >= 4 is 21.6 Å². The van der Waals surface area contributed by atoms with Gasteiger partial charge in [-0.15, -0.1) is 0 Å². The van der Waals surface area contributed by atoms with Crippen LogP contribution in [0.2, 0.25) is 0 Å². The van der Waals surface area contributed by atoms with Gasteiger partial charge < -0.3 is 5.32 Å². The first-order chi connectivity index (χ1) is 12.5. The van der Waals surface area contributed by atoms with Crippen LogP contribution in [-0.2, 0) is 16.4 Å². The number of sulfonamides is 1. The van der Waals surface area contributed by atoms with Crippen molar-refractivity contribution in [1.29, 1.82) is 0 Å². The van der Waals surface area contributed by atoms with E-state index in [0.29, 0.717) is 17.7 Å². The number of carbonyl (C=O) groups excluding carboxylic acids is 1. The van der Waals surface area contributed by atoms with Gasteiger partial charge in [0.15, 0.2) is 0 Å². The number of rotatable bonds is 3. The molecule has 1 N–H and O–H groups in total. The zero-order valence-electron chi connectivity index (χ0n) is 16.4. The average Bonchev–Trinajstić information content (AvgIpc) is 2.89. The van der Waals surface area contributed by atoms with Crippen LogP contribution < -0.4 is 9.62 Å². The van der Waals surface area contributed by atoms with Crippen molar-refractivity contribution < 1.29 is 13.2 Å². The summed E-state index contributed by atoms with van der Waals surface area (Å²) in [5.74, 6) is -0.155. The molecule has 144 valence electrons. The van der Waals surface area contributed by atoms with Crippen molar-refractivity contribution in [3.8, 4) is 0 Å². The second kappa shape index (κ2) is 6.68. The number of hydrogen-bond donors (Lipinski definition) is 1. The van der Waals surface area contributed by atoms with E-state index in [1.54, 1.807) is 42.5 Å². The number of fused-ring (bicyclic) bond motifs is 1. The van der Waals surface area contributed by atoms with Crippen molar-refractivity contribution in [2.45, 2.75) is 57.5 Å². The number of amides is 1. The van der Waals surface area contributed by atoms with E-state index in [-0.39, 0.29) is 22.4 Å². The van der Waals surface area contributed by atoms with E-state index in [9.17, 15) is 13.2 Å². The summed E-state index contributed by atoms with van der Waals surface area (Å²) in [6, 6.07) is 11.9. The first-order valence-electron chi connectivity index (χ1n) is 9.05. The molecule has 0 aliphatic carbocycles. The molecular weight excluding hydrogens is 360 g/mol. The Balaban J connectivity index is 1.96. The highest BCUT2D eigenvalue weighted by atomic mass is 32.2. The number of nitrogens with one attached hydrogen (secondary N) is 1. The molecule has 1 atom stereocenters. The molecule has 0 saturated carbocycles. The average molecular weight is 387 g/mol. The Morgan fingerprint density at radius 3 is 2.33 bits per heavy atom. The number of anilines is 1. The van der Waals surface area contributed by atoms with E-state index < -0.39 is 10.0 Å². The summed E-state index contributed by atoms with van der Waals surface area (Å²) in [6.45, 7) is 9.59. The molecule has 0 saturated heterocycles. The minimum Gasteiger partial charge on any atom is -0.347 e. The van der Waals surface area contributed by atoms with Crippen molar-refractivity contribution in [2.75, 3.05) is 4.31 Å². The fourth-order valence-corrected chi connectivity index (χ4v) is 5.04. The second-order valence-electron chi connectivity index (χ2n) is 8.21. The highest BCUT2D eigenvalue weighted by Crippen LogP contribution is 2.37. The van der Waals surface area contributed by atoms with Gasteiger partial charge in [-0.1, -0.05) is 17.7 Å². The lowest BCUT2D eigenvalue weighted by Crippen LogP contribution is -2.40. The minimum atomic E-state index is -3.65. The van der Waals surface area contributed by atoms with Gasteiger partial charge in [-0.2, -0.15) is 0 Å². The molecule has 0 unspecified atom stereocenters. The lowest BCUT2D eigenvalue weighted by Gasteiger charge is -2.24. The van der Waals surface area contributed by atoms with Crippen molar-refractivity contribution in [3.05, 3.63) is 59.2 Å². The van der Waals surface area contributed by atoms with Gasteiger partial charge in [0.2, 0.25) is 0 Å². The molecule has 1 heterocycles. The third kappa shape index (κ3) is 3.86. The molecule has 2 aromatic rings. The Bertz CT molecular complexity index is 973. The fraction of sp³-hybridized carbons (Fsp3) is 0.381. The number of aryl methyl sites for hydroxylation is 1. The largest absolute Gasteiger partial charge is 0.347 e. The first-order valence-corrected chi connectivity index (χ1v) is 10.5. The molecule has 3 rings (SSSR count). The van der Waals surface area contributed by atoms with Crippen LogP contribution >= 0.6 is 0 Å². The first kappa shape index (κ1) is 19.4. The quantitative estimate of drug-likeness (QED) is 0.875. The lowest BCUT2D eigenvalue weighted by atomic mass is 10.0. The van der Waals surface area contributed by atoms with Crippen LogP contribution in [-0.4, -0.2) is 25.9 Å². The molecule has 1 aliphatic rings. The van der Waals surface area contributed by atoms with Gasteiger partial charge in [0, 0.05) is 17.1 Å². The number of hydrogen-bond acceptors (Lipinski definition) is 3. The zero-order chi connectivity index (χ0) is 20.0. The van der Waals surface area contributed by atoms with Crippen LogP contribution in [0.1, 0.15) is 49.2 Å². The Labute approximate surface area is 161 Å². The number of carbonyl (C=O) groups is 1. The van der Waals surface area contributed by atoms with Gasteiger partial charge >= 0.3 is 0 Å². The summed E-state index contributed by atoms with van der Waals surface area (Å²) < 4.78 is 27.8. The molecule has 0 spiro atoms. The zero-order valence-corrected chi connectivity index (χ0v) is 17.2. The number of nitrogens with zero attached hydrogens (tertiary/aromatic N) is 1. The van der Waals surface area contributed by atoms with E-state index in [2.05, 4.69) is 5.32 Å². The predicted octanol–water partition coefficient (Wildman–Crippen LogP) is 3.66. The van der Waals surface area contributed by atoms with E-state index in [0.717, 1.165) is 11.1 Å². The minimum absolute atomic E-state index is 0.155. The summed E-state index contributed by atoms with van der Waals surface area (Å²) in [5, 5.41) is 2.94. The van der Waals surface area contributed by atoms with Crippen LogP contribution in [0.3, 0.4) is 0 Å². The normalized spacial score (nSPS) is 16.9. The second-order valence-corrected chi connectivity index (χ2v) is 10.0. The Morgan fingerprint density at radius 1 is 1.11 bits per heavy atom. The Morgan fingerprint density at radius 2 is 1.74 bits per heavy atom. The van der Waals surface area contributed by atoms with Crippen LogP contribution in [0.15, 0.2) is 47.4 Å². The van der Waals surface area contributed by atoms with Gasteiger partial charge in [0.05, 0.1) is 10.6 Å².